The normalized spacial score (nSPS) is 18.3. The second-order valence-electron chi connectivity index (χ2n) is 5.83. The minimum absolute atomic E-state index is 0.0276. The first kappa shape index (κ1) is 14.8. The molecule has 1 amide bonds. The van der Waals surface area contributed by atoms with Crippen molar-refractivity contribution in [3.05, 3.63) is 46.2 Å². The highest BCUT2D eigenvalue weighted by Crippen LogP contribution is 2.23. The van der Waals surface area contributed by atoms with Crippen molar-refractivity contribution in [2.24, 2.45) is 5.92 Å². The number of amides is 1. The van der Waals surface area contributed by atoms with E-state index in [-0.39, 0.29) is 11.3 Å². The van der Waals surface area contributed by atoms with Gasteiger partial charge in [-0.15, -0.1) is 0 Å². The van der Waals surface area contributed by atoms with E-state index >= 15 is 0 Å². The molecule has 1 atom stereocenters. The predicted molar refractivity (Wildman–Crippen MR) is 84.8 cm³/mol. The third kappa shape index (κ3) is 3.04. The largest absolute Gasteiger partial charge is 0.383 e. The van der Waals surface area contributed by atoms with Crippen molar-refractivity contribution in [2.75, 3.05) is 26.8 Å². The Balaban J connectivity index is 1.73. The van der Waals surface area contributed by atoms with Gasteiger partial charge >= 0.3 is 0 Å². The van der Waals surface area contributed by atoms with E-state index in [2.05, 4.69) is 4.98 Å². The summed E-state index contributed by atoms with van der Waals surface area (Å²) in [7, 11) is 1.64. The summed E-state index contributed by atoms with van der Waals surface area (Å²) >= 11 is 0. The van der Waals surface area contributed by atoms with Gasteiger partial charge in [0.2, 0.25) is 5.91 Å². The number of nitrogens with zero attached hydrogens (tertiary/aromatic N) is 1. The number of H-pyrrole nitrogens is 1. The molecule has 1 aliphatic rings. The molecular formula is C17H20N2O3. The molecule has 0 saturated carbocycles. The van der Waals surface area contributed by atoms with E-state index in [1.807, 2.05) is 23.1 Å². The average molecular weight is 300 g/mol. The molecule has 1 fully saturated rings. The van der Waals surface area contributed by atoms with Crippen molar-refractivity contribution in [3.63, 3.8) is 0 Å². The summed E-state index contributed by atoms with van der Waals surface area (Å²) < 4.78 is 5.03. The third-order valence-corrected chi connectivity index (χ3v) is 4.21. The van der Waals surface area contributed by atoms with E-state index in [0.29, 0.717) is 30.9 Å². The smallest absolute Gasteiger partial charge is 0.223 e. The molecule has 0 radical (unpaired) electrons. The van der Waals surface area contributed by atoms with Crippen LogP contribution in [0.25, 0.3) is 10.9 Å². The lowest BCUT2D eigenvalue weighted by atomic mass is 9.97. The first-order chi connectivity index (χ1) is 10.7. The lowest BCUT2D eigenvalue weighted by molar-refractivity contribution is -0.128. The Kier molecular flexibility index (Phi) is 4.24. The van der Waals surface area contributed by atoms with Gasteiger partial charge in [-0.1, -0.05) is 6.07 Å². The van der Waals surface area contributed by atoms with Crippen LogP contribution in [0.5, 0.6) is 0 Å². The molecule has 1 saturated heterocycles. The molecule has 1 unspecified atom stereocenters. The van der Waals surface area contributed by atoms with Crippen LogP contribution in [0.15, 0.2) is 35.3 Å². The molecular weight excluding hydrogens is 280 g/mol. The molecule has 5 heteroatoms. The van der Waals surface area contributed by atoms with Gasteiger partial charge in [0.25, 0.3) is 0 Å². The number of benzene rings is 1. The van der Waals surface area contributed by atoms with Crippen molar-refractivity contribution in [3.8, 4) is 0 Å². The zero-order valence-electron chi connectivity index (χ0n) is 12.7. The fraction of sp³-hybridized carbons (Fsp3) is 0.412. The summed E-state index contributed by atoms with van der Waals surface area (Å²) in [6.45, 7) is 2.00. The van der Waals surface area contributed by atoms with Crippen LogP contribution in [0.3, 0.4) is 0 Å². The first-order valence-electron chi connectivity index (χ1n) is 7.54. The maximum atomic E-state index is 12.0. The molecule has 116 valence electrons. The van der Waals surface area contributed by atoms with Gasteiger partial charge in [0, 0.05) is 49.8 Å². The minimum atomic E-state index is 0.0276. The van der Waals surface area contributed by atoms with E-state index in [0.717, 1.165) is 24.0 Å². The molecule has 5 nitrogen and oxygen atoms in total. The predicted octanol–water partition coefficient (Wildman–Crippen LogP) is 1.57. The summed E-state index contributed by atoms with van der Waals surface area (Å²) in [5, 5.41) is 0.709. The standard InChI is InChI=1S/C17H20N2O3/c1-22-7-6-19-11-13(10-17(19)21)8-12-2-3-15-14(9-12)16(20)4-5-18-15/h2-5,9,13H,6-8,10-11H2,1H3,(H,18,20). The maximum absolute atomic E-state index is 12.0. The molecule has 1 N–H and O–H groups in total. The van der Waals surface area contributed by atoms with Gasteiger partial charge in [-0.05, 0) is 30.0 Å². The third-order valence-electron chi connectivity index (χ3n) is 4.21. The molecule has 2 aromatic rings. The number of carbonyl (C=O) groups excluding carboxylic acids is 1. The topological polar surface area (TPSA) is 62.4 Å². The van der Waals surface area contributed by atoms with Gasteiger partial charge in [-0.3, -0.25) is 9.59 Å². The van der Waals surface area contributed by atoms with Crippen LogP contribution < -0.4 is 5.43 Å². The second-order valence-corrected chi connectivity index (χ2v) is 5.83. The highest BCUT2D eigenvalue weighted by atomic mass is 16.5. The van der Waals surface area contributed by atoms with E-state index in [1.165, 1.54) is 6.07 Å². The van der Waals surface area contributed by atoms with E-state index in [1.54, 1.807) is 13.3 Å². The van der Waals surface area contributed by atoms with Gasteiger partial charge in [-0.2, -0.15) is 0 Å². The summed E-state index contributed by atoms with van der Waals surface area (Å²) in [5.74, 6) is 0.505. The number of rotatable bonds is 5. The van der Waals surface area contributed by atoms with Crippen LogP contribution in [0.1, 0.15) is 12.0 Å². The first-order valence-corrected chi connectivity index (χ1v) is 7.54. The average Bonchev–Trinajstić information content (AvgIpc) is 2.86. The Bertz CT molecular complexity index is 738. The number of aromatic nitrogens is 1. The number of pyridine rings is 1. The lowest BCUT2D eigenvalue weighted by Gasteiger charge is -2.16. The van der Waals surface area contributed by atoms with Gasteiger partial charge in [0.05, 0.1) is 6.61 Å². The monoisotopic (exact) mass is 300 g/mol. The van der Waals surface area contributed by atoms with Crippen LogP contribution in [0, 0.1) is 5.92 Å². The summed E-state index contributed by atoms with van der Waals surface area (Å²) in [4.78, 5) is 28.8. The Labute approximate surface area is 128 Å². The highest BCUT2D eigenvalue weighted by Gasteiger charge is 2.29. The summed E-state index contributed by atoms with van der Waals surface area (Å²) in [6.07, 6.45) is 3.06. The quantitative estimate of drug-likeness (QED) is 0.911. The number of hydrogen-bond donors (Lipinski definition) is 1. The Hall–Kier alpha value is -2.14. The van der Waals surface area contributed by atoms with Gasteiger partial charge in [0.15, 0.2) is 5.43 Å². The van der Waals surface area contributed by atoms with Crippen molar-refractivity contribution >= 4 is 16.8 Å². The fourth-order valence-corrected chi connectivity index (χ4v) is 3.09. The van der Waals surface area contributed by atoms with Gasteiger partial charge in [0.1, 0.15) is 0 Å². The fourth-order valence-electron chi connectivity index (χ4n) is 3.09. The number of likely N-dealkylation sites (tertiary alicyclic amines) is 1. The van der Waals surface area contributed by atoms with Crippen LogP contribution in [0.2, 0.25) is 0 Å². The van der Waals surface area contributed by atoms with Gasteiger partial charge < -0.3 is 14.6 Å². The number of methoxy groups -OCH3 is 1. The van der Waals surface area contributed by atoms with Gasteiger partial charge in [-0.25, -0.2) is 0 Å². The Morgan fingerprint density at radius 1 is 1.32 bits per heavy atom. The number of nitrogens with one attached hydrogen (secondary N) is 1. The number of ether oxygens (including phenoxy) is 1. The zero-order chi connectivity index (χ0) is 15.5. The molecule has 0 spiro atoms. The van der Waals surface area contributed by atoms with Crippen LogP contribution in [-0.2, 0) is 16.0 Å². The maximum Gasteiger partial charge on any atom is 0.223 e. The number of carbonyl (C=O) groups is 1. The second kappa shape index (κ2) is 6.32. The molecule has 1 aliphatic heterocycles. The van der Waals surface area contributed by atoms with Crippen molar-refractivity contribution in [1.29, 1.82) is 0 Å². The van der Waals surface area contributed by atoms with E-state index < -0.39 is 0 Å². The SMILES string of the molecule is COCCN1CC(Cc2ccc3[nH]ccc(=O)c3c2)CC1=O. The van der Waals surface area contributed by atoms with Crippen LogP contribution >= 0.6 is 0 Å². The van der Waals surface area contributed by atoms with Crippen molar-refractivity contribution in [2.45, 2.75) is 12.8 Å². The molecule has 0 aliphatic carbocycles. The minimum Gasteiger partial charge on any atom is -0.383 e. The molecule has 22 heavy (non-hydrogen) atoms. The summed E-state index contributed by atoms with van der Waals surface area (Å²) in [5.41, 5.74) is 1.98. The zero-order valence-corrected chi connectivity index (χ0v) is 12.7. The van der Waals surface area contributed by atoms with Crippen molar-refractivity contribution < 1.29 is 9.53 Å². The summed E-state index contributed by atoms with van der Waals surface area (Å²) in [6, 6.07) is 7.44. The molecule has 1 aromatic heterocycles. The van der Waals surface area contributed by atoms with E-state index in [4.69, 9.17) is 4.74 Å². The molecule has 1 aromatic carbocycles. The Morgan fingerprint density at radius 2 is 2.18 bits per heavy atom. The Morgan fingerprint density at radius 3 is 3.00 bits per heavy atom. The lowest BCUT2D eigenvalue weighted by Crippen LogP contribution is -2.28. The number of fused-ring (bicyclic) bond motifs is 1. The molecule has 2 heterocycles. The van der Waals surface area contributed by atoms with Crippen LogP contribution in [-0.4, -0.2) is 42.6 Å². The molecule has 0 bridgehead atoms. The number of hydrogen-bond acceptors (Lipinski definition) is 3. The highest BCUT2D eigenvalue weighted by molar-refractivity contribution is 5.80. The number of aromatic amines is 1. The molecule has 3 rings (SSSR count). The van der Waals surface area contributed by atoms with Crippen LogP contribution in [0.4, 0.5) is 0 Å². The van der Waals surface area contributed by atoms with Crippen molar-refractivity contribution in [1.82, 2.24) is 9.88 Å². The van der Waals surface area contributed by atoms with E-state index in [9.17, 15) is 9.59 Å².